The average molecular weight is 286 g/mol. The topological polar surface area (TPSA) is 23.8 Å². The van der Waals surface area contributed by atoms with Gasteiger partial charge in [0.05, 0.1) is 11.6 Å². The van der Waals surface area contributed by atoms with E-state index in [0.29, 0.717) is 0 Å². The van der Waals surface area contributed by atoms with Gasteiger partial charge in [-0.1, -0.05) is 58.4 Å². The first-order valence-electron chi connectivity index (χ1n) is 5.46. The van der Waals surface area contributed by atoms with Crippen molar-refractivity contribution in [1.29, 1.82) is 5.26 Å². The second-order valence-corrected chi connectivity index (χ2v) is 5.27. The molecule has 0 aliphatic rings. The second-order valence-electron chi connectivity index (χ2n) is 3.90. The van der Waals surface area contributed by atoms with Gasteiger partial charge in [0.1, 0.15) is 0 Å². The molecule has 84 valence electrons. The van der Waals surface area contributed by atoms with E-state index >= 15 is 0 Å². The Morgan fingerprint density at radius 3 is 2.41 bits per heavy atom. The fourth-order valence-corrected chi connectivity index (χ4v) is 2.06. The zero-order valence-corrected chi connectivity index (χ0v) is 11.1. The highest BCUT2D eigenvalue weighted by Crippen LogP contribution is 2.28. The molecule has 0 bridgehead atoms. The summed E-state index contributed by atoms with van der Waals surface area (Å²) in [6, 6.07) is 18.3. The average Bonchev–Trinajstić information content (AvgIpc) is 2.39. The lowest BCUT2D eigenvalue weighted by atomic mass is 9.97. The molecule has 2 aromatic rings. The molecular weight excluding hydrogens is 274 g/mol. The maximum atomic E-state index is 9.22. The standard InChI is InChI=1S/C15H12BrN/c1-11(16)13-7-8-15(14(9-13)10-17)12-5-3-2-4-6-12/h2-9,11H,1H3. The van der Waals surface area contributed by atoms with Gasteiger partial charge < -0.3 is 0 Å². The Morgan fingerprint density at radius 2 is 1.82 bits per heavy atom. The molecule has 0 aromatic heterocycles. The maximum Gasteiger partial charge on any atom is 0.0998 e. The van der Waals surface area contributed by atoms with E-state index in [1.54, 1.807) is 0 Å². The van der Waals surface area contributed by atoms with Crippen molar-refractivity contribution in [1.82, 2.24) is 0 Å². The summed E-state index contributed by atoms with van der Waals surface area (Å²) in [4.78, 5) is 0.263. The van der Waals surface area contributed by atoms with Gasteiger partial charge in [-0.15, -0.1) is 0 Å². The van der Waals surface area contributed by atoms with Gasteiger partial charge in [0.2, 0.25) is 0 Å². The molecule has 0 amide bonds. The molecule has 0 aliphatic carbocycles. The number of nitrogens with zero attached hydrogens (tertiary/aromatic N) is 1. The van der Waals surface area contributed by atoms with Gasteiger partial charge in [-0.3, -0.25) is 0 Å². The van der Waals surface area contributed by atoms with Crippen LogP contribution in [0.3, 0.4) is 0 Å². The van der Waals surface area contributed by atoms with Crippen molar-refractivity contribution in [2.45, 2.75) is 11.8 Å². The smallest absolute Gasteiger partial charge is 0.0998 e. The highest BCUT2D eigenvalue weighted by Gasteiger charge is 2.08. The van der Waals surface area contributed by atoms with Gasteiger partial charge >= 0.3 is 0 Å². The van der Waals surface area contributed by atoms with E-state index in [2.05, 4.69) is 35.0 Å². The number of rotatable bonds is 2. The lowest BCUT2D eigenvalue weighted by molar-refractivity contribution is 1.12. The number of alkyl halides is 1. The molecule has 0 heterocycles. The fraction of sp³-hybridized carbons (Fsp3) is 0.133. The van der Waals surface area contributed by atoms with Gasteiger partial charge in [0, 0.05) is 4.83 Å². The van der Waals surface area contributed by atoms with Gasteiger partial charge in [-0.25, -0.2) is 0 Å². The van der Waals surface area contributed by atoms with Crippen LogP contribution in [0.25, 0.3) is 11.1 Å². The Hall–Kier alpha value is -1.59. The molecule has 1 unspecified atom stereocenters. The lowest BCUT2D eigenvalue weighted by Crippen LogP contribution is -1.89. The van der Waals surface area contributed by atoms with Crippen molar-refractivity contribution < 1.29 is 0 Å². The van der Waals surface area contributed by atoms with Crippen LogP contribution >= 0.6 is 15.9 Å². The normalized spacial score (nSPS) is 11.8. The predicted molar refractivity (Wildman–Crippen MR) is 73.9 cm³/mol. The molecular formula is C15H12BrN. The van der Waals surface area contributed by atoms with Crippen LogP contribution in [0.15, 0.2) is 48.5 Å². The van der Waals surface area contributed by atoms with E-state index in [4.69, 9.17) is 0 Å². The third-order valence-electron chi connectivity index (χ3n) is 2.71. The summed E-state index contributed by atoms with van der Waals surface area (Å²) in [5.74, 6) is 0. The summed E-state index contributed by atoms with van der Waals surface area (Å²) < 4.78 is 0. The summed E-state index contributed by atoms with van der Waals surface area (Å²) >= 11 is 3.52. The lowest BCUT2D eigenvalue weighted by Gasteiger charge is -2.08. The molecule has 2 heteroatoms. The molecule has 0 saturated heterocycles. The van der Waals surface area contributed by atoms with Gasteiger partial charge in [0.15, 0.2) is 0 Å². The van der Waals surface area contributed by atoms with Crippen molar-refractivity contribution in [2.24, 2.45) is 0 Å². The van der Waals surface area contributed by atoms with E-state index < -0.39 is 0 Å². The molecule has 2 rings (SSSR count). The summed E-state index contributed by atoms with van der Waals surface area (Å²) in [5.41, 5.74) is 3.92. The van der Waals surface area contributed by atoms with Crippen molar-refractivity contribution >= 4 is 15.9 Å². The number of benzene rings is 2. The minimum Gasteiger partial charge on any atom is -0.192 e. The Kier molecular flexibility index (Phi) is 3.61. The SMILES string of the molecule is CC(Br)c1ccc(-c2ccccc2)c(C#N)c1. The van der Waals surface area contributed by atoms with Gasteiger partial charge in [-0.2, -0.15) is 5.26 Å². The van der Waals surface area contributed by atoms with Gasteiger partial charge in [-0.05, 0) is 29.7 Å². The van der Waals surface area contributed by atoms with E-state index in [1.165, 1.54) is 0 Å². The van der Waals surface area contributed by atoms with Gasteiger partial charge in [0.25, 0.3) is 0 Å². The third-order valence-corrected chi connectivity index (χ3v) is 3.24. The molecule has 1 atom stereocenters. The molecule has 0 fully saturated rings. The van der Waals surface area contributed by atoms with Crippen molar-refractivity contribution in [3.63, 3.8) is 0 Å². The van der Waals surface area contributed by atoms with Crippen LogP contribution < -0.4 is 0 Å². The summed E-state index contributed by atoms with van der Waals surface area (Å²) in [7, 11) is 0. The Labute approximate surface area is 110 Å². The molecule has 0 radical (unpaired) electrons. The number of halogens is 1. The molecule has 2 aromatic carbocycles. The van der Waals surface area contributed by atoms with Crippen LogP contribution in [0.4, 0.5) is 0 Å². The largest absolute Gasteiger partial charge is 0.192 e. The first-order chi connectivity index (χ1) is 8.22. The maximum absolute atomic E-state index is 9.22. The Bertz CT molecular complexity index is 553. The summed E-state index contributed by atoms with van der Waals surface area (Å²) in [6.07, 6.45) is 0. The van der Waals surface area contributed by atoms with E-state index in [1.807, 2.05) is 42.5 Å². The zero-order chi connectivity index (χ0) is 12.3. The fourth-order valence-electron chi connectivity index (χ4n) is 1.77. The molecule has 17 heavy (non-hydrogen) atoms. The van der Waals surface area contributed by atoms with Crippen LogP contribution in [-0.2, 0) is 0 Å². The van der Waals surface area contributed by atoms with Crippen LogP contribution in [-0.4, -0.2) is 0 Å². The zero-order valence-electron chi connectivity index (χ0n) is 9.52. The number of hydrogen-bond donors (Lipinski definition) is 0. The third kappa shape index (κ3) is 2.57. The minimum atomic E-state index is 0.263. The Balaban J connectivity index is 2.54. The van der Waals surface area contributed by atoms with Crippen LogP contribution in [0.2, 0.25) is 0 Å². The molecule has 0 spiro atoms. The predicted octanol–water partition coefficient (Wildman–Crippen LogP) is 4.68. The number of nitriles is 1. The van der Waals surface area contributed by atoms with E-state index in [-0.39, 0.29) is 4.83 Å². The molecule has 0 saturated carbocycles. The quantitative estimate of drug-likeness (QED) is 0.735. The van der Waals surface area contributed by atoms with Crippen molar-refractivity contribution in [3.8, 4) is 17.2 Å². The Morgan fingerprint density at radius 1 is 1.12 bits per heavy atom. The molecule has 1 nitrogen and oxygen atoms in total. The highest BCUT2D eigenvalue weighted by atomic mass is 79.9. The number of hydrogen-bond acceptors (Lipinski definition) is 1. The molecule has 0 aliphatic heterocycles. The minimum absolute atomic E-state index is 0.263. The summed E-state index contributed by atoms with van der Waals surface area (Å²) in [6.45, 7) is 2.05. The van der Waals surface area contributed by atoms with Crippen molar-refractivity contribution in [3.05, 3.63) is 59.7 Å². The molecule has 0 N–H and O–H groups in total. The van der Waals surface area contributed by atoms with Crippen LogP contribution in [0.5, 0.6) is 0 Å². The first-order valence-corrected chi connectivity index (χ1v) is 6.37. The first kappa shape index (κ1) is 11.9. The van der Waals surface area contributed by atoms with E-state index in [0.717, 1.165) is 22.3 Å². The van der Waals surface area contributed by atoms with Crippen molar-refractivity contribution in [2.75, 3.05) is 0 Å². The van der Waals surface area contributed by atoms with Crippen LogP contribution in [0.1, 0.15) is 22.9 Å². The van der Waals surface area contributed by atoms with Crippen LogP contribution in [0, 0.1) is 11.3 Å². The summed E-state index contributed by atoms with van der Waals surface area (Å²) in [5, 5.41) is 9.22. The highest BCUT2D eigenvalue weighted by molar-refractivity contribution is 9.09. The van der Waals surface area contributed by atoms with E-state index in [9.17, 15) is 5.26 Å². The second kappa shape index (κ2) is 5.16. The monoisotopic (exact) mass is 285 g/mol.